The summed E-state index contributed by atoms with van der Waals surface area (Å²) in [6.45, 7) is 0.337. The number of anilines is 3. The number of para-hydroxylation sites is 1. The SMILES string of the molecule is O=C1COc2cc(NC3CCN(c4ccccc4F)C3=O)c(Cl)cc2N1. The maximum Gasteiger partial charge on any atom is 0.262 e. The van der Waals surface area contributed by atoms with Crippen molar-refractivity contribution in [2.45, 2.75) is 12.5 Å². The minimum Gasteiger partial charge on any atom is -0.482 e. The molecule has 0 aromatic heterocycles. The zero-order valence-electron chi connectivity index (χ0n) is 13.6. The van der Waals surface area contributed by atoms with Gasteiger partial charge in [0.25, 0.3) is 5.91 Å². The first kappa shape index (κ1) is 16.7. The second-order valence-electron chi connectivity index (χ2n) is 6.09. The largest absolute Gasteiger partial charge is 0.482 e. The number of carbonyl (C=O) groups excluding carboxylic acids is 2. The standard InChI is InChI=1S/C18H15ClFN3O3/c19-10-7-14-16(26-9-17(24)22-14)8-13(10)21-12-5-6-23(18(12)25)15-4-2-1-3-11(15)20/h1-4,7-8,12,21H,5-6,9H2,(H,22,24). The quantitative estimate of drug-likeness (QED) is 0.865. The van der Waals surface area contributed by atoms with Crippen LogP contribution >= 0.6 is 11.6 Å². The molecule has 2 aromatic carbocycles. The zero-order valence-corrected chi connectivity index (χ0v) is 14.3. The molecule has 2 N–H and O–H groups in total. The normalized spacial score (nSPS) is 19.0. The van der Waals surface area contributed by atoms with Crippen LogP contribution in [0.1, 0.15) is 6.42 Å². The number of hydrogen-bond donors (Lipinski definition) is 2. The van der Waals surface area contributed by atoms with Gasteiger partial charge in [-0.1, -0.05) is 23.7 Å². The average molecular weight is 376 g/mol. The van der Waals surface area contributed by atoms with Crippen molar-refractivity contribution < 1.29 is 18.7 Å². The fraction of sp³-hybridized carbons (Fsp3) is 0.222. The van der Waals surface area contributed by atoms with Gasteiger partial charge in [-0.15, -0.1) is 0 Å². The Balaban J connectivity index is 1.54. The van der Waals surface area contributed by atoms with E-state index in [1.165, 1.54) is 11.0 Å². The van der Waals surface area contributed by atoms with Gasteiger partial charge in [0.05, 0.1) is 22.1 Å². The summed E-state index contributed by atoms with van der Waals surface area (Å²) in [6.07, 6.45) is 0.512. The summed E-state index contributed by atoms with van der Waals surface area (Å²) in [7, 11) is 0. The number of carbonyl (C=O) groups is 2. The number of hydrogen-bond acceptors (Lipinski definition) is 4. The molecule has 2 amide bonds. The van der Waals surface area contributed by atoms with E-state index in [-0.39, 0.29) is 24.1 Å². The third-order valence-electron chi connectivity index (χ3n) is 4.38. The van der Waals surface area contributed by atoms with Crippen molar-refractivity contribution in [2.75, 3.05) is 28.7 Å². The van der Waals surface area contributed by atoms with Crippen LogP contribution in [0, 0.1) is 5.82 Å². The van der Waals surface area contributed by atoms with E-state index in [9.17, 15) is 14.0 Å². The first-order chi connectivity index (χ1) is 12.5. The van der Waals surface area contributed by atoms with Crippen molar-refractivity contribution in [3.63, 3.8) is 0 Å². The van der Waals surface area contributed by atoms with E-state index >= 15 is 0 Å². The van der Waals surface area contributed by atoms with E-state index in [0.29, 0.717) is 35.1 Å². The molecule has 2 aliphatic rings. The summed E-state index contributed by atoms with van der Waals surface area (Å²) in [5.41, 5.74) is 1.28. The predicted molar refractivity (Wildman–Crippen MR) is 96.4 cm³/mol. The molecular weight excluding hydrogens is 361 g/mol. The monoisotopic (exact) mass is 375 g/mol. The summed E-state index contributed by atoms with van der Waals surface area (Å²) in [4.78, 5) is 25.5. The van der Waals surface area contributed by atoms with Crippen LogP contribution in [0.2, 0.25) is 5.02 Å². The molecule has 0 aliphatic carbocycles. The van der Waals surface area contributed by atoms with Gasteiger partial charge in [0.1, 0.15) is 17.6 Å². The van der Waals surface area contributed by atoms with Gasteiger partial charge in [-0.2, -0.15) is 0 Å². The van der Waals surface area contributed by atoms with E-state index in [0.717, 1.165) is 0 Å². The molecule has 0 saturated carbocycles. The van der Waals surface area contributed by atoms with E-state index < -0.39 is 11.9 Å². The van der Waals surface area contributed by atoms with Crippen molar-refractivity contribution in [1.82, 2.24) is 0 Å². The Kier molecular flexibility index (Phi) is 4.16. The Morgan fingerprint density at radius 2 is 2.08 bits per heavy atom. The number of rotatable bonds is 3. The lowest BCUT2D eigenvalue weighted by Crippen LogP contribution is -2.34. The van der Waals surface area contributed by atoms with Gasteiger partial charge >= 0.3 is 0 Å². The number of fused-ring (bicyclic) bond motifs is 1. The van der Waals surface area contributed by atoms with E-state index in [1.807, 2.05) is 0 Å². The van der Waals surface area contributed by atoms with Crippen LogP contribution < -0.4 is 20.3 Å². The molecule has 1 unspecified atom stereocenters. The highest BCUT2D eigenvalue weighted by Crippen LogP contribution is 2.37. The number of ether oxygens (including phenoxy) is 1. The second kappa shape index (κ2) is 6.49. The van der Waals surface area contributed by atoms with Gasteiger partial charge < -0.3 is 20.3 Å². The topological polar surface area (TPSA) is 70.7 Å². The smallest absolute Gasteiger partial charge is 0.262 e. The first-order valence-electron chi connectivity index (χ1n) is 8.11. The summed E-state index contributed by atoms with van der Waals surface area (Å²) < 4.78 is 19.3. The lowest BCUT2D eigenvalue weighted by molar-refractivity contribution is -0.119. The third-order valence-corrected chi connectivity index (χ3v) is 4.69. The second-order valence-corrected chi connectivity index (χ2v) is 6.50. The van der Waals surface area contributed by atoms with Crippen molar-refractivity contribution in [2.24, 2.45) is 0 Å². The molecule has 2 aliphatic heterocycles. The molecule has 6 nitrogen and oxygen atoms in total. The molecule has 0 spiro atoms. The van der Waals surface area contributed by atoms with Gasteiger partial charge in [-0.05, 0) is 24.6 Å². The van der Waals surface area contributed by atoms with E-state index in [1.54, 1.807) is 30.3 Å². The van der Waals surface area contributed by atoms with E-state index in [2.05, 4.69) is 10.6 Å². The molecule has 1 atom stereocenters. The number of nitrogens with zero attached hydrogens (tertiary/aromatic N) is 1. The van der Waals surface area contributed by atoms with Crippen LogP contribution in [0.5, 0.6) is 5.75 Å². The molecule has 134 valence electrons. The summed E-state index contributed by atoms with van der Waals surface area (Å²) in [6, 6.07) is 8.89. The molecule has 2 heterocycles. The van der Waals surface area contributed by atoms with Crippen molar-refractivity contribution in [1.29, 1.82) is 0 Å². The highest BCUT2D eigenvalue weighted by molar-refractivity contribution is 6.33. The van der Waals surface area contributed by atoms with Crippen LogP contribution in [0.4, 0.5) is 21.5 Å². The van der Waals surface area contributed by atoms with Crippen LogP contribution in [-0.4, -0.2) is 31.0 Å². The van der Waals surface area contributed by atoms with Crippen molar-refractivity contribution in [3.05, 3.63) is 47.2 Å². The zero-order chi connectivity index (χ0) is 18.3. The van der Waals surface area contributed by atoms with Gasteiger partial charge in [0.2, 0.25) is 5.91 Å². The van der Waals surface area contributed by atoms with Crippen LogP contribution in [0.25, 0.3) is 0 Å². The molecule has 26 heavy (non-hydrogen) atoms. The number of halogens is 2. The summed E-state index contributed by atoms with van der Waals surface area (Å²) >= 11 is 6.26. The van der Waals surface area contributed by atoms with Gasteiger partial charge in [0, 0.05) is 12.6 Å². The van der Waals surface area contributed by atoms with Crippen molar-refractivity contribution >= 4 is 40.5 Å². The lowest BCUT2D eigenvalue weighted by Gasteiger charge is -2.22. The number of amides is 2. The van der Waals surface area contributed by atoms with Crippen LogP contribution in [0.3, 0.4) is 0 Å². The molecule has 1 saturated heterocycles. The Bertz CT molecular complexity index is 905. The molecule has 0 bridgehead atoms. The first-order valence-corrected chi connectivity index (χ1v) is 8.49. The number of benzene rings is 2. The van der Waals surface area contributed by atoms with Gasteiger partial charge in [-0.3, -0.25) is 9.59 Å². The average Bonchev–Trinajstić information content (AvgIpc) is 2.97. The maximum absolute atomic E-state index is 14.0. The maximum atomic E-state index is 14.0. The molecule has 0 radical (unpaired) electrons. The Hall–Kier alpha value is -2.80. The molecular formula is C18H15ClFN3O3. The highest BCUT2D eigenvalue weighted by Gasteiger charge is 2.34. The molecule has 4 rings (SSSR count). The Morgan fingerprint density at radius 3 is 2.88 bits per heavy atom. The fourth-order valence-corrected chi connectivity index (χ4v) is 3.34. The molecule has 8 heteroatoms. The third kappa shape index (κ3) is 2.94. The Morgan fingerprint density at radius 1 is 1.27 bits per heavy atom. The summed E-state index contributed by atoms with van der Waals surface area (Å²) in [5, 5.41) is 6.13. The van der Waals surface area contributed by atoms with Crippen LogP contribution in [0.15, 0.2) is 36.4 Å². The predicted octanol–water partition coefficient (Wildman–Crippen LogP) is 3.03. The minimum atomic E-state index is -0.525. The van der Waals surface area contributed by atoms with Crippen LogP contribution in [-0.2, 0) is 9.59 Å². The Labute approximate surface area is 153 Å². The van der Waals surface area contributed by atoms with Gasteiger partial charge in [0.15, 0.2) is 6.61 Å². The highest BCUT2D eigenvalue weighted by atomic mass is 35.5. The minimum absolute atomic E-state index is 0.0719. The van der Waals surface area contributed by atoms with Crippen molar-refractivity contribution in [3.8, 4) is 5.75 Å². The fourth-order valence-electron chi connectivity index (χ4n) is 3.12. The lowest BCUT2D eigenvalue weighted by atomic mass is 10.2. The number of nitrogens with one attached hydrogen (secondary N) is 2. The van der Waals surface area contributed by atoms with E-state index in [4.69, 9.17) is 16.3 Å². The summed E-state index contributed by atoms with van der Waals surface area (Å²) in [5.74, 6) is -0.427. The molecule has 1 fully saturated rings. The van der Waals surface area contributed by atoms with Gasteiger partial charge in [-0.25, -0.2) is 4.39 Å². The molecule has 2 aromatic rings.